The van der Waals surface area contributed by atoms with Crippen LogP contribution >= 0.6 is 0 Å². The molecule has 5 heteroatoms. The van der Waals surface area contributed by atoms with Gasteiger partial charge in [0.05, 0.1) is 23.0 Å². The third-order valence-electron chi connectivity index (χ3n) is 6.55. The van der Waals surface area contributed by atoms with Crippen LogP contribution in [-0.2, 0) is 13.0 Å². The summed E-state index contributed by atoms with van der Waals surface area (Å²) in [6, 6.07) is 18.4. The van der Waals surface area contributed by atoms with Gasteiger partial charge in [0.1, 0.15) is 5.75 Å². The molecule has 0 bridgehead atoms. The second-order valence-electron chi connectivity index (χ2n) is 9.68. The second-order valence-corrected chi connectivity index (χ2v) is 9.68. The Morgan fingerprint density at radius 2 is 1.82 bits per heavy atom. The van der Waals surface area contributed by atoms with Gasteiger partial charge in [0.15, 0.2) is 0 Å². The largest absolute Gasteiger partial charge is 0.439 e. The molecule has 1 aromatic heterocycles. The lowest BCUT2D eigenvalue weighted by molar-refractivity contribution is 0.0965. The van der Waals surface area contributed by atoms with Gasteiger partial charge < -0.3 is 9.84 Å². The average Bonchev–Trinajstić information content (AvgIpc) is 3.60. The van der Waals surface area contributed by atoms with Gasteiger partial charge in [0, 0.05) is 19.6 Å². The molecule has 0 spiro atoms. The molecule has 34 heavy (non-hydrogen) atoms. The molecule has 1 aliphatic rings. The Kier molecular flexibility index (Phi) is 8.41. The molecular weight excluding hydrogens is 422 g/mol. The van der Waals surface area contributed by atoms with Crippen LogP contribution in [-0.4, -0.2) is 39.0 Å². The maximum absolute atomic E-state index is 10.7. The van der Waals surface area contributed by atoms with Crippen molar-refractivity contribution in [2.24, 2.45) is 5.92 Å². The maximum atomic E-state index is 10.7. The standard InChI is InChI=1S/C29H39N3O2/c1-4-6-12-25(33)20-31(19-23-15-16-23)21-27-28(5-2)30-32(24-10-8-7-9-11-24)29(27)34-26-17-13-22(3)14-18-26/h7-11,13-14,17-18,23,25,33H,4-6,12,15-16,19-21H2,1-3H3/t25-/m1/s1. The fourth-order valence-corrected chi connectivity index (χ4v) is 4.41. The van der Waals surface area contributed by atoms with E-state index in [0.717, 1.165) is 73.3 Å². The smallest absolute Gasteiger partial charge is 0.227 e. The zero-order valence-electron chi connectivity index (χ0n) is 20.9. The van der Waals surface area contributed by atoms with Crippen molar-refractivity contribution < 1.29 is 9.84 Å². The van der Waals surface area contributed by atoms with E-state index in [9.17, 15) is 5.11 Å². The molecule has 1 atom stereocenters. The summed E-state index contributed by atoms with van der Waals surface area (Å²) in [5.41, 5.74) is 4.36. The van der Waals surface area contributed by atoms with Crippen molar-refractivity contribution in [3.05, 3.63) is 71.4 Å². The fourth-order valence-electron chi connectivity index (χ4n) is 4.41. The molecule has 1 heterocycles. The molecule has 0 radical (unpaired) electrons. The number of unbranched alkanes of at least 4 members (excludes halogenated alkanes) is 1. The fraction of sp³-hybridized carbons (Fsp3) is 0.483. The predicted octanol–water partition coefficient (Wildman–Crippen LogP) is 6.30. The van der Waals surface area contributed by atoms with Crippen LogP contribution in [0.25, 0.3) is 5.69 Å². The third kappa shape index (κ3) is 6.49. The molecule has 182 valence electrons. The number of hydrogen-bond acceptors (Lipinski definition) is 4. The Morgan fingerprint density at radius 1 is 1.09 bits per heavy atom. The Morgan fingerprint density at radius 3 is 2.47 bits per heavy atom. The minimum Gasteiger partial charge on any atom is -0.439 e. The number of hydrogen-bond donors (Lipinski definition) is 1. The molecule has 1 N–H and O–H groups in total. The summed E-state index contributed by atoms with van der Waals surface area (Å²) in [7, 11) is 0. The van der Waals surface area contributed by atoms with Gasteiger partial charge in [-0.25, -0.2) is 4.68 Å². The highest BCUT2D eigenvalue weighted by atomic mass is 16.5. The van der Waals surface area contributed by atoms with E-state index in [2.05, 4.69) is 49.9 Å². The molecule has 5 nitrogen and oxygen atoms in total. The van der Waals surface area contributed by atoms with E-state index >= 15 is 0 Å². The first-order valence-electron chi connectivity index (χ1n) is 12.9. The zero-order valence-corrected chi connectivity index (χ0v) is 20.9. The summed E-state index contributed by atoms with van der Waals surface area (Å²) >= 11 is 0. The topological polar surface area (TPSA) is 50.5 Å². The van der Waals surface area contributed by atoms with E-state index in [-0.39, 0.29) is 6.10 Å². The molecule has 1 fully saturated rings. The van der Waals surface area contributed by atoms with E-state index in [1.165, 1.54) is 18.4 Å². The number of aliphatic hydroxyl groups is 1. The van der Waals surface area contributed by atoms with Crippen molar-refractivity contribution in [2.45, 2.75) is 71.9 Å². The maximum Gasteiger partial charge on any atom is 0.227 e. The highest BCUT2D eigenvalue weighted by molar-refractivity contribution is 5.44. The minimum atomic E-state index is -0.297. The van der Waals surface area contributed by atoms with Gasteiger partial charge in [-0.1, -0.05) is 62.6 Å². The molecule has 1 aliphatic carbocycles. The molecule has 2 aromatic carbocycles. The van der Waals surface area contributed by atoms with Crippen LogP contribution in [0, 0.1) is 12.8 Å². The Bertz CT molecular complexity index is 1030. The Balaban J connectivity index is 1.68. The molecule has 0 amide bonds. The summed E-state index contributed by atoms with van der Waals surface area (Å²) < 4.78 is 8.48. The number of ether oxygens (including phenoxy) is 1. The van der Waals surface area contributed by atoms with Crippen LogP contribution in [0.2, 0.25) is 0 Å². The summed E-state index contributed by atoms with van der Waals surface area (Å²) in [5.74, 6) is 2.33. The van der Waals surface area contributed by atoms with Gasteiger partial charge in [-0.3, -0.25) is 4.90 Å². The molecular formula is C29H39N3O2. The molecule has 0 aliphatic heterocycles. The first kappa shape index (κ1) is 24.5. The average molecular weight is 462 g/mol. The van der Waals surface area contributed by atoms with Gasteiger partial charge in [-0.15, -0.1) is 0 Å². The highest BCUT2D eigenvalue weighted by Crippen LogP contribution is 2.35. The lowest BCUT2D eigenvalue weighted by Crippen LogP contribution is -2.34. The number of aromatic nitrogens is 2. The number of para-hydroxylation sites is 1. The summed E-state index contributed by atoms with van der Waals surface area (Å²) in [6.45, 7) is 8.86. The van der Waals surface area contributed by atoms with Crippen LogP contribution in [0.15, 0.2) is 54.6 Å². The van der Waals surface area contributed by atoms with Gasteiger partial charge in [0.2, 0.25) is 5.88 Å². The highest BCUT2D eigenvalue weighted by Gasteiger charge is 2.28. The molecule has 0 saturated heterocycles. The van der Waals surface area contributed by atoms with E-state index in [1.807, 2.05) is 35.0 Å². The number of rotatable bonds is 13. The van der Waals surface area contributed by atoms with Crippen molar-refractivity contribution in [1.82, 2.24) is 14.7 Å². The van der Waals surface area contributed by atoms with Crippen LogP contribution in [0.5, 0.6) is 11.6 Å². The third-order valence-corrected chi connectivity index (χ3v) is 6.55. The molecule has 1 saturated carbocycles. The van der Waals surface area contributed by atoms with Gasteiger partial charge in [0.25, 0.3) is 0 Å². The van der Waals surface area contributed by atoms with E-state index in [4.69, 9.17) is 9.84 Å². The van der Waals surface area contributed by atoms with Crippen molar-refractivity contribution >= 4 is 0 Å². The molecule has 3 aromatic rings. The molecule has 0 unspecified atom stereocenters. The lowest BCUT2D eigenvalue weighted by Gasteiger charge is -2.25. The van der Waals surface area contributed by atoms with Crippen LogP contribution in [0.4, 0.5) is 0 Å². The normalized spacial score (nSPS) is 14.5. The van der Waals surface area contributed by atoms with E-state index in [1.54, 1.807) is 0 Å². The van der Waals surface area contributed by atoms with Crippen LogP contribution in [0.1, 0.15) is 62.8 Å². The van der Waals surface area contributed by atoms with Crippen LogP contribution < -0.4 is 4.74 Å². The first-order chi connectivity index (χ1) is 16.6. The van der Waals surface area contributed by atoms with Crippen LogP contribution in [0.3, 0.4) is 0 Å². The number of benzene rings is 2. The summed E-state index contributed by atoms with van der Waals surface area (Å²) in [5, 5.41) is 15.7. The summed E-state index contributed by atoms with van der Waals surface area (Å²) in [4.78, 5) is 2.42. The number of nitrogens with zero attached hydrogens (tertiary/aromatic N) is 3. The van der Waals surface area contributed by atoms with Gasteiger partial charge >= 0.3 is 0 Å². The second kappa shape index (κ2) is 11.7. The van der Waals surface area contributed by atoms with E-state index in [0.29, 0.717) is 6.54 Å². The Hall–Kier alpha value is -2.63. The van der Waals surface area contributed by atoms with Crippen molar-refractivity contribution in [3.63, 3.8) is 0 Å². The first-order valence-corrected chi connectivity index (χ1v) is 12.9. The minimum absolute atomic E-state index is 0.297. The Labute approximate surface area is 204 Å². The van der Waals surface area contributed by atoms with Crippen molar-refractivity contribution in [2.75, 3.05) is 13.1 Å². The van der Waals surface area contributed by atoms with Crippen molar-refractivity contribution in [3.8, 4) is 17.3 Å². The molecule has 4 rings (SSSR count). The number of aryl methyl sites for hydroxylation is 2. The SMILES string of the molecule is CCCC[C@@H](O)CN(Cc1c(CC)nn(-c2ccccc2)c1Oc1ccc(C)cc1)CC1CC1. The quantitative estimate of drug-likeness (QED) is 0.325. The van der Waals surface area contributed by atoms with Gasteiger partial charge in [-0.05, 0) is 62.8 Å². The van der Waals surface area contributed by atoms with E-state index < -0.39 is 0 Å². The van der Waals surface area contributed by atoms with Gasteiger partial charge in [-0.2, -0.15) is 5.10 Å². The zero-order chi connectivity index (χ0) is 23.9. The summed E-state index contributed by atoms with van der Waals surface area (Å²) in [6.07, 6.45) is 6.14. The predicted molar refractivity (Wildman–Crippen MR) is 138 cm³/mol. The lowest BCUT2D eigenvalue weighted by atomic mass is 10.1. The van der Waals surface area contributed by atoms with Crippen molar-refractivity contribution in [1.29, 1.82) is 0 Å². The monoisotopic (exact) mass is 461 g/mol. The number of aliphatic hydroxyl groups excluding tert-OH is 1.